The summed E-state index contributed by atoms with van der Waals surface area (Å²) in [5.74, 6) is -2.82. The smallest absolute Gasteiger partial charge is 0.341 e. The molecule has 5 heterocycles. The number of hydrogen-bond donors (Lipinski definition) is 6. The zero-order chi connectivity index (χ0) is 47.3. The number of carboxylic acids is 4. The molecule has 9 rings (SSSR count). The fourth-order valence-corrected chi connectivity index (χ4v) is 8.60. The van der Waals surface area contributed by atoms with E-state index in [1.54, 1.807) is 48.5 Å². The number of benzene rings is 4. The highest BCUT2D eigenvalue weighted by atomic mass is 16.5. The van der Waals surface area contributed by atoms with Gasteiger partial charge in [-0.2, -0.15) is 0 Å². The molecule has 0 saturated carbocycles. The van der Waals surface area contributed by atoms with Crippen LogP contribution in [0.15, 0.2) is 155 Å². The highest BCUT2D eigenvalue weighted by Gasteiger charge is 2.34. The Balaban J connectivity index is 1.27. The molecule has 1 fully saturated rings. The Bertz CT molecular complexity index is 2930. The van der Waals surface area contributed by atoms with Crippen LogP contribution in [0.25, 0.3) is 22.3 Å². The molecule has 4 aliphatic rings. The van der Waals surface area contributed by atoms with E-state index in [9.17, 15) is 39.6 Å². The van der Waals surface area contributed by atoms with Crippen LogP contribution in [0, 0.1) is 0 Å². The highest BCUT2D eigenvalue weighted by molar-refractivity contribution is 6.31. The third kappa shape index (κ3) is 9.90. The standard InChI is InChI=1S/C52H42N4O12/c57-45(58)25-65-33-9-1-29(2-10-33)49-37-17-19-39(53-37)50(30-3-11-34(12-4-30)66-26-46(59)60)41-21-23-43(55-41)52(32-7-15-36(16-8-32)68-28-48(63)64)44-24-22-42(56-44)51(40-20-18-38(49)54-40)31-5-13-35(14-6-31)67-27-47(61)62/h1-21,23,42,44,53,56H,22,24-28H2,(H,57,58)(H,59,60)(H,61,62)(H,63,64)/b49-37-,50-39-,51-40-,52-43-. The molecule has 0 spiro atoms. The van der Waals surface area contributed by atoms with E-state index in [4.69, 9.17) is 28.9 Å². The minimum Gasteiger partial charge on any atom is -0.482 e. The number of nitrogens with zero attached hydrogens (tertiary/aromatic N) is 2. The SMILES string of the molecule is O=C(O)COc1ccc(/C2=C3\C=CC(=N3)/C(c3ccc(OCC(=O)O)cc3)=c3/cc/c([nH]3)=C(\c3ccc(OCC(=O)O)cc3)C3=N/C(=C(/c4ccc(OCC(=O)O)cc4)C4CCC2N4)C=C3)cc1. The number of carboxylic acid groups (broad SMARTS) is 4. The fourth-order valence-electron chi connectivity index (χ4n) is 8.60. The first-order valence-electron chi connectivity index (χ1n) is 21.5. The molecule has 68 heavy (non-hydrogen) atoms. The molecule has 0 amide bonds. The lowest BCUT2D eigenvalue weighted by Crippen LogP contribution is -2.32. The number of hydrogen-bond acceptors (Lipinski definition) is 11. The number of H-pyrrole nitrogens is 1. The molecule has 4 aliphatic heterocycles. The molecule has 4 aromatic carbocycles. The van der Waals surface area contributed by atoms with Crippen LogP contribution in [0.3, 0.4) is 0 Å². The summed E-state index contributed by atoms with van der Waals surface area (Å²) in [4.78, 5) is 59.4. The maximum atomic E-state index is 11.3. The van der Waals surface area contributed by atoms with Gasteiger partial charge in [0.1, 0.15) is 23.0 Å². The van der Waals surface area contributed by atoms with E-state index in [-0.39, 0.29) is 12.1 Å². The van der Waals surface area contributed by atoms with Crippen LogP contribution in [0.5, 0.6) is 23.0 Å². The summed E-state index contributed by atoms with van der Waals surface area (Å²) in [5.41, 5.74) is 9.18. The second-order valence-corrected chi connectivity index (χ2v) is 16.0. The Morgan fingerprint density at radius 3 is 1.06 bits per heavy atom. The van der Waals surface area contributed by atoms with E-state index in [1.807, 2.05) is 85.0 Å². The van der Waals surface area contributed by atoms with Gasteiger partial charge in [-0.05, 0) is 120 Å². The quantitative estimate of drug-likeness (QED) is 0.0743. The van der Waals surface area contributed by atoms with Crippen molar-refractivity contribution in [1.29, 1.82) is 0 Å². The normalized spacial score (nSPS) is 20.9. The number of fused-ring (bicyclic) bond motifs is 6. The molecule has 1 aromatic heterocycles. The van der Waals surface area contributed by atoms with Gasteiger partial charge in [-0.25, -0.2) is 29.2 Å². The van der Waals surface area contributed by atoms with E-state index < -0.39 is 50.3 Å². The van der Waals surface area contributed by atoms with Crippen LogP contribution in [0.2, 0.25) is 0 Å². The molecule has 0 aliphatic carbocycles. The number of carbonyl (C=O) groups is 4. The van der Waals surface area contributed by atoms with E-state index in [1.165, 1.54) is 0 Å². The van der Waals surface area contributed by atoms with Crippen LogP contribution in [0.4, 0.5) is 0 Å². The van der Waals surface area contributed by atoms with E-state index in [0.717, 1.165) is 44.5 Å². The van der Waals surface area contributed by atoms with E-state index in [2.05, 4.69) is 10.3 Å². The Morgan fingerprint density at radius 2 is 0.750 bits per heavy atom. The first kappa shape index (κ1) is 44.4. The molecule has 342 valence electrons. The van der Waals surface area contributed by atoms with Gasteiger partial charge in [0.05, 0.1) is 22.8 Å². The monoisotopic (exact) mass is 914 g/mol. The van der Waals surface area contributed by atoms with Crippen molar-refractivity contribution >= 4 is 57.6 Å². The van der Waals surface area contributed by atoms with Crippen molar-refractivity contribution < 1.29 is 58.6 Å². The number of allylic oxidation sites excluding steroid dienone is 4. The van der Waals surface area contributed by atoms with Gasteiger partial charge in [-0.15, -0.1) is 0 Å². The Morgan fingerprint density at radius 1 is 0.441 bits per heavy atom. The average Bonchev–Trinajstić information content (AvgIpc) is 4.19. The van der Waals surface area contributed by atoms with Crippen molar-refractivity contribution in [1.82, 2.24) is 10.3 Å². The Hall–Kier alpha value is -8.76. The van der Waals surface area contributed by atoms with Gasteiger partial charge in [-0.3, -0.25) is 0 Å². The summed E-state index contributed by atoms with van der Waals surface area (Å²) < 4.78 is 21.9. The molecule has 0 radical (unpaired) electrons. The van der Waals surface area contributed by atoms with Gasteiger partial charge in [0.25, 0.3) is 0 Å². The van der Waals surface area contributed by atoms with Crippen molar-refractivity contribution in [3.63, 3.8) is 0 Å². The minimum absolute atomic E-state index is 0.237. The number of rotatable bonds is 16. The molecule has 2 unspecified atom stereocenters. The lowest BCUT2D eigenvalue weighted by atomic mass is 9.94. The second-order valence-electron chi connectivity index (χ2n) is 16.0. The topological polar surface area (TPSA) is 239 Å². The van der Waals surface area contributed by atoms with Gasteiger partial charge in [0, 0.05) is 45.1 Å². The number of aromatic amines is 1. The molecule has 1 saturated heterocycles. The first-order valence-corrected chi connectivity index (χ1v) is 21.5. The van der Waals surface area contributed by atoms with Gasteiger partial charge in [0.2, 0.25) is 0 Å². The molecule has 5 aromatic rings. The van der Waals surface area contributed by atoms with Gasteiger partial charge < -0.3 is 49.7 Å². The van der Waals surface area contributed by atoms with Gasteiger partial charge in [-0.1, -0.05) is 48.5 Å². The third-order valence-electron chi connectivity index (χ3n) is 11.5. The highest BCUT2D eigenvalue weighted by Crippen LogP contribution is 2.39. The maximum Gasteiger partial charge on any atom is 0.341 e. The Labute approximate surface area is 387 Å². The molecular formula is C52H42N4O12. The van der Waals surface area contributed by atoms with Crippen LogP contribution in [0.1, 0.15) is 35.1 Å². The summed E-state index contributed by atoms with van der Waals surface area (Å²) in [6.07, 6.45) is 9.22. The Kier molecular flexibility index (Phi) is 12.7. The first-order chi connectivity index (χ1) is 32.9. The van der Waals surface area contributed by atoms with E-state index >= 15 is 0 Å². The minimum atomic E-state index is -1.10. The molecule has 2 atom stereocenters. The zero-order valence-electron chi connectivity index (χ0n) is 36.0. The second kappa shape index (κ2) is 19.4. The zero-order valence-corrected chi connectivity index (χ0v) is 36.0. The molecule has 8 bridgehead atoms. The van der Waals surface area contributed by atoms with Crippen molar-refractivity contribution in [2.24, 2.45) is 9.98 Å². The number of aromatic nitrogens is 1. The largest absolute Gasteiger partial charge is 0.482 e. The number of aliphatic imine (C=N–C) groups is 2. The molecule has 16 heteroatoms. The lowest BCUT2D eigenvalue weighted by Gasteiger charge is -2.22. The predicted octanol–water partition coefficient (Wildman–Crippen LogP) is 5.24. The number of aliphatic carboxylic acids is 4. The molecule has 16 nitrogen and oxygen atoms in total. The van der Waals surface area contributed by atoms with Crippen molar-refractivity contribution in [3.8, 4) is 23.0 Å². The fraction of sp³-hybridized carbons (Fsp3) is 0.154. The van der Waals surface area contributed by atoms with Crippen molar-refractivity contribution in [2.75, 3.05) is 26.4 Å². The van der Waals surface area contributed by atoms with E-state index in [0.29, 0.717) is 69.4 Å². The van der Waals surface area contributed by atoms with Crippen molar-refractivity contribution in [3.05, 3.63) is 178 Å². The van der Waals surface area contributed by atoms with Crippen molar-refractivity contribution in [2.45, 2.75) is 24.9 Å². The van der Waals surface area contributed by atoms with Gasteiger partial charge >= 0.3 is 23.9 Å². The van der Waals surface area contributed by atoms with Crippen LogP contribution >= 0.6 is 0 Å². The lowest BCUT2D eigenvalue weighted by molar-refractivity contribution is -0.140. The number of ether oxygens (including phenoxy) is 4. The molecule has 6 N–H and O–H groups in total. The average molecular weight is 915 g/mol. The summed E-state index contributed by atoms with van der Waals surface area (Å²) in [7, 11) is 0. The summed E-state index contributed by atoms with van der Waals surface area (Å²) >= 11 is 0. The van der Waals surface area contributed by atoms with Gasteiger partial charge in [0.15, 0.2) is 26.4 Å². The maximum absolute atomic E-state index is 11.3. The summed E-state index contributed by atoms with van der Waals surface area (Å²) in [5, 5.41) is 42.3. The van der Waals surface area contributed by atoms with Crippen LogP contribution in [-0.4, -0.2) is 99.2 Å². The van der Waals surface area contributed by atoms with Crippen LogP contribution < -0.4 is 35.0 Å². The summed E-state index contributed by atoms with van der Waals surface area (Å²) in [6, 6.07) is 32.1. The predicted molar refractivity (Wildman–Crippen MR) is 250 cm³/mol. The number of nitrogens with one attached hydrogen (secondary N) is 2. The van der Waals surface area contributed by atoms with Crippen LogP contribution in [-0.2, 0) is 19.2 Å². The molecular weight excluding hydrogens is 873 g/mol. The third-order valence-corrected chi connectivity index (χ3v) is 11.5. The summed E-state index contributed by atoms with van der Waals surface area (Å²) in [6.45, 7) is -1.97.